The lowest BCUT2D eigenvalue weighted by atomic mass is 10.1. The van der Waals surface area contributed by atoms with Crippen molar-refractivity contribution in [2.24, 2.45) is 0 Å². The Labute approximate surface area is 120 Å². The predicted molar refractivity (Wildman–Crippen MR) is 79.0 cm³/mol. The van der Waals surface area contributed by atoms with Gasteiger partial charge >= 0.3 is 0 Å². The minimum absolute atomic E-state index is 0.330. The second-order valence-electron chi connectivity index (χ2n) is 4.49. The maximum Gasteiger partial charge on any atom is 0.161 e. The standard InChI is InChI=1S/C15H11ClFN3/c1-9-6-7-12(17)13(8-9)18-15-11-5-3-2-4-10(11)14(16)19-20-15/h2-8H,1H3,(H,18,20). The molecule has 0 aliphatic rings. The van der Waals surface area contributed by atoms with Crippen LogP contribution in [0.3, 0.4) is 0 Å². The quantitative estimate of drug-likeness (QED) is 0.755. The number of halogens is 2. The lowest BCUT2D eigenvalue weighted by Gasteiger charge is -2.10. The van der Waals surface area contributed by atoms with E-state index >= 15 is 0 Å². The van der Waals surface area contributed by atoms with Crippen molar-refractivity contribution in [1.82, 2.24) is 10.2 Å². The van der Waals surface area contributed by atoms with Gasteiger partial charge in [-0.05, 0) is 24.6 Å². The van der Waals surface area contributed by atoms with Crippen LogP contribution in [0.1, 0.15) is 5.56 Å². The Morgan fingerprint density at radius 2 is 1.80 bits per heavy atom. The van der Waals surface area contributed by atoms with Crippen molar-refractivity contribution in [3.05, 3.63) is 59.0 Å². The van der Waals surface area contributed by atoms with Gasteiger partial charge in [0, 0.05) is 10.8 Å². The first-order chi connectivity index (χ1) is 9.65. The Balaban J connectivity index is 2.11. The summed E-state index contributed by atoms with van der Waals surface area (Å²) in [7, 11) is 0. The summed E-state index contributed by atoms with van der Waals surface area (Å²) in [5, 5.41) is 12.8. The van der Waals surface area contributed by atoms with Gasteiger partial charge in [-0.25, -0.2) is 4.39 Å². The molecule has 0 fully saturated rings. The van der Waals surface area contributed by atoms with E-state index in [9.17, 15) is 4.39 Å². The van der Waals surface area contributed by atoms with Crippen LogP contribution >= 0.6 is 11.6 Å². The van der Waals surface area contributed by atoms with E-state index in [0.29, 0.717) is 16.7 Å². The minimum atomic E-state index is -0.337. The van der Waals surface area contributed by atoms with Gasteiger partial charge in [-0.2, -0.15) is 0 Å². The molecule has 20 heavy (non-hydrogen) atoms. The van der Waals surface area contributed by atoms with E-state index in [-0.39, 0.29) is 5.82 Å². The van der Waals surface area contributed by atoms with Gasteiger partial charge in [0.25, 0.3) is 0 Å². The van der Waals surface area contributed by atoms with Crippen LogP contribution in [0.2, 0.25) is 5.15 Å². The number of fused-ring (bicyclic) bond motifs is 1. The van der Waals surface area contributed by atoms with E-state index in [0.717, 1.165) is 16.3 Å². The van der Waals surface area contributed by atoms with E-state index in [1.54, 1.807) is 12.1 Å². The summed E-state index contributed by atoms with van der Waals surface area (Å²) in [4.78, 5) is 0. The first-order valence-electron chi connectivity index (χ1n) is 6.09. The summed E-state index contributed by atoms with van der Waals surface area (Å²) in [5.74, 6) is 0.144. The second kappa shape index (κ2) is 5.06. The molecule has 0 radical (unpaired) electrons. The molecule has 1 aromatic heterocycles. The van der Waals surface area contributed by atoms with Crippen molar-refractivity contribution in [1.29, 1.82) is 0 Å². The monoisotopic (exact) mass is 287 g/mol. The number of anilines is 2. The smallest absolute Gasteiger partial charge is 0.161 e. The number of rotatable bonds is 2. The number of hydrogen-bond donors (Lipinski definition) is 1. The van der Waals surface area contributed by atoms with Crippen LogP contribution < -0.4 is 5.32 Å². The molecule has 0 saturated heterocycles. The molecular weight excluding hydrogens is 277 g/mol. The average molecular weight is 288 g/mol. The van der Waals surface area contributed by atoms with Crippen LogP contribution in [0.15, 0.2) is 42.5 Å². The molecule has 0 atom stereocenters. The Hall–Kier alpha value is -2.20. The van der Waals surface area contributed by atoms with E-state index in [1.807, 2.05) is 31.2 Å². The zero-order chi connectivity index (χ0) is 14.1. The summed E-state index contributed by atoms with van der Waals surface area (Å²) in [5.41, 5.74) is 1.33. The van der Waals surface area contributed by atoms with Crippen LogP contribution in [-0.4, -0.2) is 10.2 Å². The number of hydrogen-bond acceptors (Lipinski definition) is 3. The van der Waals surface area contributed by atoms with Crippen molar-refractivity contribution in [3.8, 4) is 0 Å². The van der Waals surface area contributed by atoms with Crippen molar-refractivity contribution in [2.45, 2.75) is 6.92 Å². The largest absolute Gasteiger partial charge is 0.336 e. The SMILES string of the molecule is Cc1ccc(F)c(Nc2nnc(Cl)c3ccccc23)c1. The highest BCUT2D eigenvalue weighted by molar-refractivity contribution is 6.34. The molecule has 2 aromatic carbocycles. The van der Waals surface area contributed by atoms with Crippen LogP contribution in [0.25, 0.3) is 10.8 Å². The van der Waals surface area contributed by atoms with Crippen molar-refractivity contribution in [2.75, 3.05) is 5.32 Å². The highest BCUT2D eigenvalue weighted by Gasteiger charge is 2.09. The fourth-order valence-electron chi connectivity index (χ4n) is 2.03. The highest BCUT2D eigenvalue weighted by Crippen LogP contribution is 2.28. The van der Waals surface area contributed by atoms with Gasteiger partial charge in [0.1, 0.15) is 5.82 Å². The van der Waals surface area contributed by atoms with E-state index in [4.69, 9.17) is 11.6 Å². The van der Waals surface area contributed by atoms with E-state index in [2.05, 4.69) is 15.5 Å². The molecule has 1 heterocycles. The number of nitrogens with one attached hydrogen (secondary N) is 1. The molecular formula is C15H11ClFN3. The van der Waals surface area contributed by atoms with Crippen LogP contribution in [-0.2, 0) is 0 Å². The van der Waals surface area contributed by atoms with Gasteiger partial charge in [0.2, 0.25) is 0 Å². The van der Waals surface area contributed by atoms with E-state index < -0.39 is 0 Å². The molecule has 3 rings (SSSR count). The molecule has 0 spiro atoms. The van der Waals surface area contributed by atoms with Gasteiger partial charge in [-0.1, -0.05) is 41.9 Å². The molecule has 0 unspecified atom stereocenters. The molecule has 5 heteroatoms. The molecule has 1 N–H and O–H groups in total. The average Bonchev–Trinajstić information content (AvgIpc) is 2.46. The topological polar surface area (TPSA) is 37.8 Å². The maximum absolute atomic E-state index is 13.8. The summed E-state index contributed by atoms with van der Waals surface area (Å²) in [6.45, 7) is 1.90. The number of benzene rings is 2. The van der Waals surface area contributed by atoms with Crippen molar-refractivity contribution < 1.29 is 4.39 Å². The zero-order valence-corrected chi connectivity index (χ0v) is 11.4. The lowest BCUT2D eigenvalue weighted by Crippen LogP contribution is -1.99. The number of aryl methyl sites for hydroxylation is 1. The number of nitrogens with zero attached hydrogens (tertiary/aromatic N) is 2. The third-order valence-corrected chi connectivity index (χ3v) is 3.30. The third-order valence-electron chi connectivity index (χ3n) is 3.02. The molecule has 0 amide bonds. The van der Waals surface area contributed by atoms with Gasteiger partial charge < -0.3 is 5.32 Å². The minimum Gasteiger partial charge on any atom is -0.336 e. The summed E-state index contributed by atoms with van der Waals surface area (Å²) in [6, 6.07) is 12.3. The van der Waals surface area contributed by atoms with Gasteiger partial charge in [-0.15, -0.1) is 10.2 Å². The van der Waals surface area contributed by atoms with Gasteiger partial charge in [0.15, 0.2) is 11.0 Å². The van der Waals surface area contributed by atoms with Crippen molar-refractivity contribution >= 4 is 33.9 Å². The molecule has 0 aliphatic carbocycles. The van der Waals surface area contributed by atoms with Gasteiger partial charge in [0.05, 0.1) is 5.69 Å². The Bertz CT molecular complexity index is 789. The van der Waals surface area contributed by atoms with Crippen molar-refractivity contribution in [3.63, 3.8) is 0 Å². The Morgan fingerprint density at radius 1 is 1.05 bits per heavy atom. The predicted octanol–water partition coefficient (Wildman–Crippen LogP) is 4.47. The Kier molecular flexibility index (Phi) is 3.24. The highest BCUT2D eigenvalue weighted by atomic mass is 35.5. The molecule has 0 bridgehead atoms. The molecule has 0 aliphatic heterocycles. The maximum atomic E-state index is 13.8. The molecule has 3 nitrogen and oxygen atoms in total. The van der Waals surface area contributed by atoms with Gasteiger partial charge in [-0.3, -0.25) is 0 Å². The number of aromatic nitrogens is 2. The first-order valence-corrected chi connectivity index (χ1v) is 6.47. The fraction of sp³-hybridized carbons (Fsp3) is 0.0667. The van der Waals surface area contributed by atoms with Crippen LogP contribution in [0.4, 0.5) is 15.9 Å². The second-order valence-corrected chi connectivity index (χ2v) is 4.85. The molecule has 0 saturated carbocycles. The van der Waals surface area contributed by atoms with Crippen LogP contribution in [0.5, 0.6) is 0 Å². The summed E-state index contributed by atoms with van der Waals surface area (Å²) in [6.07, 6.45) is 0. The fourth-order valence-corrected chi connectivity index (χ4v) is 2.23. The summed E-state index contributed by atoms with van der Waals surface area (Å²) < 4.78 is 13.8. The summed E-state index contributed by atoms with van der Waals surface area (Å²) >= 11 is 6.01. The normalized spacial score (nSPS) is 10.8. The third kappa shape index (κ3) is 2.30. The zero-order valence-electron chi connectivity index (χ0n) is 10.7. The first kappa shape index (κ1) is 12.8. The molecule has 100 valence electrons. The Morgan fingerprint density at radius 3 is 2.60 bits per heavy atom. The van der Waals surface area contributed by atoms with E-state index in [1.165, 1.54) is 6.07 Å². The molecule has 3 aromatic rings. The lowest BCUT2D eigenvalue weighted by molar-refractivity contribution is 0.631. The van der Waals surface area contributed by atoms with Crippen LogP contribution in [0, 0.1) is 12.7 Å².